The highest BCUT2D eigenvalue weighted by atomic mass is 35.5. The SMILES string of the molecule is O=C1CCN(c2cnc3cc(C4CCN(C(=O)c5ccc(NC(=O)[C@@H]6NC7(CCCCC7)[C@@]7(C(=O)Nc8cc(Cl)ccc87)[C@H]6c6cccc(Cl)c6F)cc5)CC4)ccn23)C(=O)N1. The van der Waals surface area contributed by atoms with E-state index in [0.29, 0.717) is 64.9 Å². The average Bonchev–Trinajstić information content (AvgIpc) is 3.92. The summed E-state index contributed by atoms with van der Waals surface area (Å²) in [7, 11) is 0. The number of benzene rings is 3. The van der Waals surface area contributed by atoms with E-state index in [0.717, 1.165) is 37.7 Å². The first kappa shape index (κ1) is 40.3. The molecule has 2 spiro atoms. The Kier molecular flexibility index (Phi) is 10.1. The molecule has 0 bridgehead atoms. The van der Waals surface area contributed by atoms with Gasteiger partial charge in [0.1, 0.15) is 22.7 Å². The number of halogens is 3. The Balaban J connectivity index is 0.855. The number of hydrogen-bond donors (Lipinski definition) is 4. The van der Waals surface area contributed by atoms with Crippen molar-refractivity contribution >= 4 is 75.7 Å². The van der Waals surface area contributed by atoms with Gasteiger partial charge >= 0.3 is 6.03 Å². The molecule has 16 heteroatoms. The van der Waals surface area contributed by atoms with Gasteiger partial charge in [0, 0.05) is 65.7 Å². The van der Waals surface area contributed by atoms with Crippen LogP contribution in [0.4, 0.5) is 26.4 Å². The molecule has 62 heavy (non-hydrogen) atoms. The Labute approximate surface area is 366 Å². The lowest BCUT2D eigenvalue weighted by atomic mass is 9.55. The van der Waals surface area contributed by atoms with E-state index in [-0.39, 0.29) is 47.2 Å². The molecule has 4 aliphatic heterocycles. The Morgan fingerprint density at radius 1 is 0.887 bits per heavy atom. The van der Waals surface area contributed by atoms with Crippen molar-refractivity contribution in [2.45, 2.75) is 80.2 Å². The molecule has 5 aromatic rings. The van der Waals surface area contributed by atoms with Crippen LogP contribution in [0.1, 0.15) is 90.3 Å². The summed E-state index contributed by atoms with van der Waals surface area (Å²) < 4.78 is 18.1. The summed E-state index contributed by atoms with van der Waals surface area (Å²) in [5.41, 5.74) is 1.89. The van der Waals surface area contributed by atoms with Gasteiger partial charge in [0.15, 0.2) is 0 Å². The largest absolute Gasteiger partial charge is 0.339 e. The number of imide groups is 1. The Morgan fingerprint density at radius 3 is 2.42 bits per heavy atom. The van der Waals surface area contributed by atoms with Crippen molar-refractivity contribution in [2.24, 2.45) is 0 Å². The molecule has 6 amide bonds. The number of rotatable bonds is 6. The number of amides is 6. The number of fused-ring (bicyclic) bond motifs is 4. The fourth-order valence-electron chi connectivity index (χ4n) is 11.0. The molecule has 3 aromatic carbocycles. The first-order valence-electron chi connectivity index (χ1n) is 21.1. The van der Waals surface area contributed by atoms with E-state index in [9.17, 15) is 24.0 Å². The fraction of sp³-hybridized carbons (Fsp3) is 0.348. The monoisotopic (exact) mass is 876 g/mol. The van der Waals surface area contributed by atoms with Crippen molar-refractivity contribution in [3.63, 3.8) is 0 Å². The minimum Gasteiger partial charge on any atom is -0.339 e. The molecule has 318 valence electrons. The predicted octanol–water partition coefficient (Wildman–Crippen LogP) is 7.53. The molecule has 0 unspecified atom stereocenters. The summed E-state index contributed by atoms with van der Waals surface area (Å²) in [6, 6.07) is 19.2. The minimum absolute atomic E-state index is 0.0999. The maximum Gasteiger partial charge on any atom is 0.329 e. The molecule has 3 atom stereocenters. The number of carbonyl (C=O) groups excluding carboxylic acids is 5. The number of pyridine rings is 1. The van der Waals surface area contributed by atoms with Crippen LogP contribution in [0, 0.1) is 5.82 Å². The normalized spacial score (nSPS) is 23.5. The van der Waals surface area contributed by atoms with Gasteiger partial charge in [0.2, 0.25) is 17.7 Å². The summed E-state index contributed by atoms with van der Waals surface area (Å²) in [6.45, 7) is 1.39. The molecular formula is C46H43Cl2FN8O5. The minimum atomic E-state index is -1.35. The Hall–Kier alpha value is -5.83. The second kappa shape index (κ2) is 15.5. The number of aromatic nitrogens is 2. The molecule has 4 N–H and O–H groups in total. The zero-order valence-corrected chi connectivity index (χ0v) is 35.1. The van der Waals surface area contributed by atoms with Crippen LogP contribution in [-0.4, -0.2) is 75.2 Å². The molecular weight excluding hydrogens is 834 g/mol. The van der Waals surface area contributed by atoms with E-state index in [1.165, 1.54) is 11.0 Å². The van der Waals surface area contributed by atoms with Crippen LogP contribution in [0.5, 0.6) is 0 Å². The predicted molar refractivity (Wildman–Crippen MR) is 232 cm³/mol. The highest BCUT2D eigenvalue weighted by Gasteiger charge is 2.72. The summed E-state index contributed by atoms with van der Waals surface area (Å²) in [5.74, 6) is -2.01. The highest BCUT2D eigenvalue weighted by molar-refractivity contribution is 6.31. The standard InChI is InChI=1S/C46H43Cl2FN8O5/c47-29-9-12-32-34(24-29)52-43(61)46(32)38(31-5-4-6-33(48)39(31)49)40(54-45(46)17-2-1-3-18-45)41(59)51-30-10-7-27(8-11-30)42(60)55-19-13-26(14-20-55)28-15-21-56-35(23-28)50-25-37(56)57-22-16-36(58)53-44(57)62/h4-12,15,21,23-26,38,40,54H,1-3,13-14,16-20,22H2,(H,51,59)(H,52,61)(H,53,58,62)/t38-,40+,46+/m0/s1. The summed E-state index contributed by atoms with van der Waals surface area (Å²) in [4.78, 5) is 75.0. The van der Waals surface area contributed by atoms with Crippen LogP contribution >= 0.6 is 23.2 Å². The molecule has 3 saturated heterocycles. The zero-order chi connectivity index (χ0) is 42.9. The average molecular weight is 878 g/mol. The summed E-state index contributed by atoms with van der Waals surface area (Å²) in [6.07, 6.45) is 9.07. The highest BCUT2D eigenvalue weighted by Crippen LogP contribution is 2.63. The zero-order valence-electron chi connectivity index (χ0n) is 33.6. The first-order chi connectivity index (χ1) is 30.0. The first-order valence-corrected chi connectivity index (χ1v) is 21.8. The second-order valence-electron chi connectivity index (χ2n) is 17.0. The van der Waals surface area contributed by atoms with E-state index in [2.05, 4.69) is 26.3 Å². The lowest BCUT2D eigenvalue weighted by Crippen LogP contribution is -2.60. The number of nitrogens with zero attached hydrogens (tertiary/aromatic N) is 4. The molecule has 0 radical (unpaired) electrons. The van der Waals surface area contributed by atoms with Crippen molar-refractivity contribution in [1.82, 2.24) is 24.9 Å². The van der Waals surface area contributed by atoms with Crippen LogP contribution in [0.2, 0.25) is 10.0 Å². The number of piperidine rings is 1. The van der Waals surface area contributed by atoms with Crippen LogP contribution < -0.4 is 26.2 Å². The molecule has 5 aliphatic rings. The third-order valence-electron chi connectivity index (χ3n) is 13.8. The topological polar surface area (TPSA) is 157 Å². The third kappa shape index (κ3) is 6.44. The molecule has 13 nitrogen and oxygen atoms in total. The number of anilines is 3. The molecule has 10 rings (SSSR count). The van der Waals surface area contributed by atoms with E-state index < -0.39 is 40.7 Å². The van der Waals surface area contributed by atoms with Crippen molar-refractivity contribution in [3.05, 3.63) is 123 Å². The van der Waals surface area contributed by atoms with E-state index in [1.807, 2.05) is 33.7 Å². The summed E-state index contributed by atoms with van der Waals surface area (Å²) >= 11 is 12.8. The van der Waals surface area contributed by atoms with Gasteiger partial charge < -0.3 is 15.5 Å². The molecule has 1 saturated carbocycles. The fourth-order valence-corrected chi connectivity index (χ4v) is 11.3. The molecule has 6 heterocycles. The van der Waals surface area contributed by atoms with Gasteiger partial charge in [-0.15, -0.1) is 0 Å². The number of carbonyl (C=O) groups is 5. The Bertz CT molecular complexity index is 2680. The number of likely N-dealkylation sites (tertiary alicyclic amines) is 1. The lowest BCUT2D eigenvalue weighted by molar-refractivity contribution is -0.124. The quantitative estimate of drug-likeness (QED) is 0.137. The maximum absolute atomic E-state index is 16.3. The van der Waals surface area contributed by atoms with Crippen molar-refractivity contribution in [1.29, 1.82) is 0 Å². The lowest BCUT2D eigenvalue weighted by Gasteiger charge is -2.47. The van der Waals surface area contributed by atoms with Gasteiger partial charge in [-0.05, 0) is 103 Å². The van der Waals surface area contributed by atoms with Gasteiger partial charge in [-0.1, -0.05) is 60.7 Å². The summed E-state index contributed by atoms with van der Waals surface area (Å²) in [5, 5.41) is 12.4. The van der Waals surface area contributed by atoms with Gasteiger partial charge in [-0.2, -0.15) is 0 Å². The van der Waals surface area contributed by atoms with Gasteiger partial charge in [-0.3, -0.25) is 39.1 Å². The van der Waals surface area contributed by atoms with E-state index in [4.69, 9.17) is 23.2 Å². The van der Waals surface area contributed by atoms with Gasteiger partial charge in [0.25, 0.3) is 5.91 Å². The van der Waals surface area contributed by atoms with Crippen LogP contribution in [0.25, 0.3) is 5.65 Å². The van der Waals surface area contributed by atoms with Crippen LogP contribution in [0.15, 0.2) is 85.2 Å². The van der Waals surface area contributed by atoms with Crippen molar-refractivity contribution in [3.8, 4) is 0 Å². The van der Waals surface area contributed by atoms with Crippen molar-refractivity contribution in [2.75, 3.05) is 35.2 Å². The molecule has 2 aromatic heterocycles. The number of hydrogen-bond acceptors (Lipinski definition) is 7. The smallest absolute Gasteiger partial charge is 0.329 e. The van der Waals surface area contributed by atoms with E-state index in [1.54, 1.807) is 54.7 Å². The number of urea groups is 1. The van der Waals surface area contributed by atoms with Gasteiger partial charge in [0.05, 0.1) is 17.3 Å². The van der Waals surface area contributed by atoms with Crippen molar-refractivity contribution < 1.29 is 28.4 Å². The second-order valence-corrected chi connectivity index (χ2v) is 17.9. The third-order valence-corrected chi connectivity index (χ3v) is 14.3. The van der Waals surface area contributed by atoms with Gasteiger partial charge in [-0.25, -0.2) is 14.2 Å². The van der Waals surface area contributed by atoms with E-state index >= 15 is 4.39 Å². The molecule has 1 aliphatic carbocycles. The number of imidazole rings is 1. The van der Waals surface area contributed by atoms with Crippen LogP contribution in [0.3, 0.4) is 0 Å². The van der Waals surface area contributed by atoms with Crippen LogP contribution in [-0.2, 0) is 19.8 Å². The number of nitrogens with one attached hydrogen (secondary N) is 4. The Morgan fingerprint density at radius 2 is 1.66 bits per heavy atom. The maximum atomic E-state index is 16.3. The molecule has 4 fully saturated rings.